The number of carbonyl (C=O) groups is 2. The van der Waals surface area contributed by atoms with Crippen molar-refractivity contribution in [1.29, 1.82) is 0 Å². The predicted octanol–water partition coefficient (Wildman–Crippen LogP) is 1.47. The molecular weight excluding hydrogens is 310 g/mol. The topological polar surface area (TPSA) is 97.7 Å². The minimum absolute atomic E-state index is 0.0165. The van der Waals surface area contributed by atoms with E-state index >= 15 is 0 Å². The van der Waals surface area contributed by atoms with Crippen molar-refractivity contribution in [2.75, 3.05) is 0 Å². The summed E-state index contributed by atoms with van der Waals surface area (Å²) < 4.78 is 60.5. The maximum Gasteiger partial charge on any atom is 0.465 e. The average molecular weight is 324 g/mol. The fraction of sp³-hybridized carbons (Fsp3) is 0.667. The summed E-state index contributed by atoms with van der Waals surface area (Å²) >= 11 is 0. The maximum absolute atomic E-state index is 13.2. The first kappa shape index (κ1) is 16.0. The van der Waals surface area contributed by atoms with Gasteiger partial charge in [0.25, 0.3) is 0 Å². The van der Waals surface area contributed by atoms with Gasteiger partial charge < -0.3 is 4.74 Å². The largest absolute Gasteiger partial charge is 0.465 e. The van der Waals surface area contributed by atoms with Crippen molar-refractivity contribution < 1.29 is 36.1 Å². The first-order chi connectivity index (χ1) is 9.45. The van der Waals surface area contributed by atoms with Crippen molar-refractivity contribution in [2.24, 2.45) is 5.92 Å². The zero-order valence-electron chi connectivity index (χ0n) is 11.1. The van der Waals surface area contributed by atoms with E-state index in [9.17, 15) is 26.8 Å². The van der Waals surface area contributed by atoms with Gasteiger partial charge in [0, 0.05) is 18.8 Å². The molecule has 0 aromatic heterocycles. The Balaban J connectivity index is 2.23. The van der Waals surface area contributed by atoms with Crippen molar-refractivity contribution in [1.82, 2.24) is 0 Å². The third kappa shape index (κ3) is 2.98. The van der Waals surface area contributed by atoms with E-state index in [0.717, 1.165) is 5.57 Å². The highest BCUT2D eigenvalue weighted by Gasteiger charge is 2.56. The molecule has 2 rings (SSSR count). The van der Waals surface area contributed by atoms with E-state index in [1.807, 2.05) is 0 Å². The highest BCUT2D eigenvalue weighted by atomic mass is 32.2. The molecule has 1 N–H and O–H groups in total. The van der Waals surface area contributed by atoms with Gasteiger partial charge in [-0.3, -0.25) is 9.35 Å². The van der Waals surface area contributed by atoms with Gasteiger partial charge in [0.2, 0.25) is 0 Å². The number of esters is 1. The van der Waals surface area contributed by atoms with E-state index in [0.29, 0.717) is 19.3 Å². The number of rotatable bonds is 3. The Morgan fingerprint density at radius 1 is 1.48 bits per heavy atom. The Kier molecular flexibility index (Phi) is 3.69. The lowest BCUT2D eigenvalue weighted by atomic mass is 9.72. The van der Waals surface area contributed by atoms with E-state index in [1.54, 1.807) is 0 Å². The molecular formula is C12H14F2O6S. The molecule has 0 amide bonds. The number of halogens is 2. The van der Waals surface area contributed by atoms with Crippen molar-refractivity contribution >= 4 is 21.9 Å². The number of ketones is 1. The Morgan fingerprint density at radius 2 is 2.10 bits per heavy atom. The molecule has 2 bridgehead atoms. The van der Waals surface area contributed by atoms with Gasteiger partial charge in [-0.15, -0.1) is 0 Å². The monoisotopic (exact) mass is 324 g/mol. The molecule has 1 fully saturated rings. The number of fused-ring (bicyclic) bond motifs is 2. The van der Waals surface area contributed by atoms with Crippen LogP contribution in [0, 0.1) is 5.92 Å². The second-order valence-electron chi connectivity index (χ2n) is 5.57. The molecule has 0 aromatic rings. The average Bonchev–Trinajstić information content (AvgIpc) is 2.32. The second-order valence-corrected chi connectivity index (χ2v) is 7.03. The minimum atomic E-state index is -5.90. The Hall–Kier alpha value is -1.35. The summed E-state index contributed by atoms with van der Waals surface area (Å²) in [4.78, 5) is 23.0. The summed E-state index contributed by atoms with van der Waals surface area (Å²) in [6.07, 6.45) is 2.83. The Labute approximate surface area is 119 Å². The van der Waals surface area contributed by atoms with Gasteiger partial charge in [0.15, 0.2) is 0 Å². The molecule has 6 nitrogen and oxygen atoms in total. The molecule has 2 aliphatic rings. The summed E-state index contributed by atoms with van der Waals surface area (Å²) in [7, 11) is -5.90. The number of hydrogen-bond acceptors (Lipinski definition) is 5. The van der Waals surface area contributed by atoms with Crippen LogP contribution in [-0.2, 0) is 24.4 Å². The normalized spacial score (nSPS) is 29.8. The fourth-order valence-corrected chi connectivity index (χ4v) is 3.02. The van der Waals surface area contributed by atoms with E-state index in [-0.39, 0.29) is 12.2 Å². The number of Topliss-reactive ketones (excluding diaryl/α,β-unsaturated/α-hetero) is 1. The fourth-order valence-electron chi connectivity index (χ4n) is 2.76. The van der Waals surface area contributed by atoms with Crippen LogP contribution in [0.25, 0.3) is 0 Å². The second kappa shape index (κ2) is 4.84. The van der Waals surface area contributed by atoms with E-state index in [2.05, 4.69) is 4.74 Å². The molecule has 2 atom stereocenters. The molecule has 2 unspecified atom stereocenters. The molecule has 0 aromatic carbocycles. The molecule has 21 heavy (non-hydrogen) atoms. The lowest BCUT2D eigenvalue weighted by Crippen LogP contribution is -2.46. The Bertz CT molecular complexity index is 624. The molecule has 9 heteroatoms. The zero-order valence-corrected chi connectivity index (χ0v) is 12.0. The summed E-state index contributed by atoms with van der Waals surface area (Å²) in [6, 6.07) is 0. The molecule has 118 valence electrons. The van der Waals surface area contributed by atoms with E-state index in [1.165, 1.54) is 13.0 Å². The molecule has 0 heterocycles. The van der Waals surface area contributed by atoms with Crippen LogP contribution in [0.5, 0.6) is 0 Å². The third-order valence-corrected chi connectivity index (χ3v) is 4.52. The SMILES string of the molecule is CC1(OC(=O)C(F)(F)S(=O)(=O)O)C=C2CCC(=O)C(C2)C1. The van der Waals surface area contributed by atoms with Crippen LogP contribution in [0.3, 0.4) is 0 Å². The lowest BCUT2D eigenvalue weighted by Gasteiger charge is -2.38. The lowest BCUT2D eigenvalue weighted by molar-refractivity contribution is -0.174. The van der Waals surface area contributed by atoms with Gasteiger partial charge in [0.1, 0.15) is 11.4 Å². The van der Waals surface area contributed by atoms with E-state index < -0.39 is 32.9 Å². The summed E-state index contributed by atoms with van der Waals surface area (Å²) in [5, 5.41) is -5.04. The van der Waals surface area contributed by atoms with E-state index in [4.69, 9.17) is 4.55 Å². The van der Waals surface area contributed by atoms with Gasteiger partial charge >= 0.3 is 21.3 Å². The van der Waals surface area contributed by atoms with Crippen molar-refractivity contribution in [3.63, 3.8) is 0 Å². The summed E-state index contributed by atoms with van der Waals surface area (Å²) in [6.45, 7) is 1.33. The van der Waals surface area contributed by atoms with Crippen LogP contribution in [0.15, 0.2) is 11.6 Å². The molecule has 0 spiro atoms. The van der Waals surface area contributed by atoms with Crippen LogP contribution in [0.4, 0.5) is 8.78 Å². The van der Waals surface area contributed by atoms with Gasteiger partial charge in [0.05, 0.1) is 0 Å². The first-order valence-electron chi connectivity index (χ1n) is 6.26. The maximum atomic E-state index is 13.2. The smallest absolute Gasteiger partial charge is 0.450 e. The van der Waals surface area contributed by atoms with Crippen molar-refractivity contribution in [2.45, 2.75) is 43.5 Å². The number of ether oxygens (including phenoxy) is 1. The van der Waals surface area contributed by atoms with Crippen LogP contribution in [-0.4, -0.2) is 35.6 Å². The highest BCUT2D eigenvalue weighted by molar-refractivity contribution is 7.87. The van der Waals surface area contributed by atoms with Crippen molar-refractivity contribution in [3.05, 3.63) is 11.6 Å². The first-order valence-corrected chi connectivity index (χ1v) is 7.70. The van der Waals surface area contributed by atoms with Gasteiger partial charge in [-0.25, -0.2) is 4.79 Å². The van der Waals surface area contributed by atoms with Gasteiger partial charge in [-0.1, -0.05) is 5.57 Å². The third-order valence-electron chi connectivity index (χ3n) is 3.71. The highest BCUT2D eigenvalue weighted by Crippen LogP contribution is 2.41. The van der Waals surface area contributed by atoms with Crippen LogP contribution >= 0.6 is 0 Å². The minimum Gasteiger partial charge on any atom is -0.450 e. The molecule has 2 aliphatic carbocycles. The Morgan fingerprint density at radius 3 is 2.67 bits per heavy atom. The summed E-state index contributed by atoms with van der Waals surface area (Å²) in [5.74, 6) is -2.80. The van der Waals surface area contributed by atoms with Crippen molar-refractivity contribution in [3.8, 4) is 0 Å². The standard InChI is InChI=1S/C12H14F2O6S/c1-11(20-10(16)12(13,14)21(17,18)19)5-7-2-3-9(15)8(4-7)6-11/h5,8H,2-4,6H2,1H3,(H,17,18,19). The molecule has 0 radical (unpaired) electrons. The van der Waals surface area contributed by atoms with Crippen LogP contribution in [0.2, 0.25) is 0 Å². The molecule has 0 aliphatic heterocycles. The predicted molar refractivity (Wildman–Crippen MR) is 66.0 cm³/mol. The number of alkyl halides is 2. The molecule has 0 saturated heterocycles. The number of carbonyl (C=O) groups excluding carboxylic acids is 2. The van der Waals surface area contributed by atoms with Gasteiger partial charge in [-0.05, 0) is 25.8 Å². The molecule has 1 saturated carbocycles. The quantitative estimate of drug-likeness (QED) is 0.479. The number of allylic oxidation sites excluding steroid dienone is 1. The zero-order chi connectivity index (χ0) is 16.1. The van der Waals surface area contributed by atoms with Crippen LogP contribution in [0.1, 0.15) is 32.6 Å². The van der Waals surface area contributed by atoms with Crippen LogP contribution < -0.4 is 0 Å². The van der Waals surface area contributed by atoms with Gasteiger partial charge in [-0.2, -0.15) is 17.2 Å². The number of hydrogen-bond donors (Lipinski definition) is 1. The summed E-state index contributed by atoms with van der Waals surface area (Å²) in [5.41, 5.74) is -0.671.